The van der Waals surface area contributed by atoms with E-state index in [0.717, 1.165) is 0 Å². The lowest BCUT2D eigenvalue weighted by Gasteiger charge is -2.26. The van der Waals surface area contributed by atoms with Crippen LogP contribution in [0.15, 0.2) is 30.3 Å². The van der Waals surface area contributed by atoms with Crippen molar-refractivity contribution < 1.29 is 40.2 Å². The van der Waals surface area contributed by atoms with E-state index in [1.807, 2.05) is 0 Å². The highest BCUT2D eigenvalue weighted by Gasteiger charge is 2.66. The minimum absolute atomic E-state index is 0.0930. The first-order chi connectivity index (χ1) is 11.0. The van der Waals surface area contributed by atoms with E-state index in [0.29, 0.717) is 0 Å². The predicted octanol–water partition coefficient (Wildman–Crippen LogP) is -2.49. The van der Waals surface area contributed by atoms with Crippen molar-refractivity contribution in [2.75, 3.05) is 0 Å². The summed E-state index contributed by atoms with van der Waals surface area (Å²) in [6.45, 7) is 0. The number of nitrogens with zero attached hydrogens (tertiary/aromatic N) is 2. The zero-order chi connectivity index (χ0) is 18.7. The summed E-state index contributed by atoms with van der Waals surface area (Å²) in [5.41, 5.74) is -0.0930. The van der Waals surface area contributed by atoms with E-state index >= 15 is 0 Å². The number of ketones is 1. The Hall–Kier alpha value is -2.51. The summed E-state index contributed by atoms with van der Waals surface area (Å²) in [5.74, 6) is -5.35. The third-order valence-corrected chi connectivity index (χ3v) is 3.26. The molecule has 0 fully saturated rings. The standard InChI is InChI=1S/C12H14N2O10/c15-7(6-4-2-1-3-5-6)8(16)9(17)10(18)11(19)12(20,13(21)22)14(23)24/h1-5,8-11,16-20H/t8-,9+,10-,11-/m0/s1. The Morgan fingerprint density at radius 1 is 0.958 bits per heavy atom. The van der Waals surface area contributed by atoms with Crippen molar-refractivity contribution in [1.29, 1.82) is 0 Å². The average Bonchev–Trinajstić information content (AvgIpc) is 2.57. The normalized spacial score (nSPS) is 16.7. The average molecular weight is 346 g/mol. The van der Waals surface area contributed by atoms with Gasteiger partial charge in [-0.25, -0.2) is 0 Å². The number of aliphatic hydroxyl groups is 5. The zero-order valence-corrected chi connectivity index (χ0v) is 11.9. The van der Waals surface area contributed by atoms with Gasteiger partial charge in [-0.1, -0.05) is 30.3 Å². The highest BCUT2D eigenvalue weighted by atomic mass is 16.7. The second kappa shape index (κ2) is 7.37. The molecule has 1 aromatic carbocycles. The minimum Gasteiger partial charge on any atom is -0.387 e. The Balaban J connectivity index is 3.01. The number of nitro groups is 2. The van der Waals surface area contributed by atoms with Gasteiger partial charge < -0.3 is 20.4 Å². The molecule has 0 aromatic heterocycles. The number of hydrogen-bond acceptors (Lipinski definition) is 10. The monoisotopic (exact) mass is 346 g/mol. The Morgan fingerprint density at radius 3 is 1.83 bits per heavy atom. The second-order valence-electron chi connectivity index (χ2n) is 4.80. The van der Waals surface area contributed by atoms with Crippen LogP contribution in [-0.2, 0) is 0 Å². The van der Waals surface area contributed by atoms with Crippen LogP contribution in [0.2, 0.25) is 0 Å². The van der Waals surface area contributed by atoms with Crippen molar-refractivity contribution in [3.8, 4) is 0 Å². The summed E-state index contributed by atoms with van der Waals surface area (Å²) >= 11 is 0. The first-order valence-electron chi connectivity index (χ1n) is 6.38. The first kappa shape index (κ1) is 19.5. The highest BCUT2D eigenvalue weighted by molar-refractivity contribution is 5.99. The lowest BCUT2D eigenvalue weighted by atomic mass is 9.94. The quantitative estimate of drug-likeness (QED) is 0.145. The smallest absolute Gasteiger partial charge is 0.387 e. The van der Waals surface area contributed by atoms with E-state index < -0.39 is 45.9 Å². The summed E-state index contributed by atoms with van der Waals surface area (Å²) in [7, 11) is 0. The van der Waals surface area contributed by atoms with Gasteiger partial charge in [-0.05, 0) is 0 Å². The van der Waals surface area contributed by atoms with E-state index in [1.165, 1.54) is 24.3 Å². The SMILES string of the molecule is O=C(c1ccccc1)[C@H](O)[C@@H](O)[C@H](O)[C@H](O)C(O)([N+](=O)[O-])[N+](=O)[O-]. The predicted molar refractivity (Wildman–Crippen MR) is 73.7 cm³/mol. The number of carbonyl (C=O) groups excluding carboxylic acids is 1. The van der Waals surface area contributed by atoms with Gasteiger partial charge in [-0.3, -0.25) is 30.1 Å². The van der Waals surface area contributed by atoms with Crippen LogP contribution in [0, 0.1) is 20.2 Å². The number of rotatable bonds is 8. The number of hydrogen-bond donors (Lipinski definition) is 5. The van der Waals surface area contributed by atoms with Crippen LogP contribution in [0.3, 0.4) is 0 Å². The zero-order valence-electron chi connectivity index (χ0n) is 11.9. The van der Waals surface area contributed by atoms with Gasteiger partial charge in [0.25, 0.3) is 6.10 Å². The first-order valence-corrected chi connectivity index (χ1v) is 6.38. The van der Waals surface area contributed by atoms with Crippen LogP contribution in [0.5, 0.6) is 0 Å². The number of carbonyl (C=O) groups is 1. The topological polar surface area (TPSA) is 204 Å². The van der Waals surface area contributed by atoms with Crippen molar-refractivity contribution in [2.24, 2.45) is 0 Å². The number of benzene rings is 1. The summed E-state index contributed by atoms with van der Waals surface area (Å²) in [5, 5.41) is 69.0. The lowest BCUT2D eigenvalue weighted by Crippen LogP contribution is -2.63. The van der Waals surface area contributed by atoms with Gasteiger partial charge in [0.15, 0.2) is 5.78 Å². The molecule has 0 saturated carbocycles. The fourth-order valence-electron chi connectivity index (χ4n) is 1.81. The van der Waals surface area contributed by atoms with E-state index in [-0.39, 0.29) is 5.56 Å². The van der Waals surface area contributed by atoms with Crippen LogP contribution in [-0.4, -0.2) is 71.4 Å². The number of aliphatic hydroxyl groups excluding tert-OH is 4. The molecule has 0 heterocycles. The highest BCUT2D eigenvalue weighted by Crippen LogP contribution is 2.20. The summed E-state index contributed by atoms with van der Waals surface area (Å²) in [6.07, 6.45) is -10.8. The third-order valence-electron chi connectivity index (χ3n) is 3.26. The molecule has 0 radical (unpaired) electrons. The van der Waals surface area contributed by atoms with Gasteiger partial charge in [0, 0.05) is 5.56 Å². The molecule has 0 spiro atoms. The van der Waals surface area contributed by atoms with Crippen molar-refractivity contribution >= 4 is 5.78 Å². The molecule has 132 valence electrons. The van der Waals surface area contributed by atoms with E-state index in [4.69, 9.17) is 0 Å². The molecule has 12 heteroatoms. The molecule has 1 aromatic rings. The van der Waals surface area contributed by atoms with Gasteiger partial charge in [-0.2, -0.15) is 0 Å². The van der Waals surface area contributed by atoms with Gasteiger partial charge >= 0.3 is 5.85 Å². The molecule has 0 aliphatic rings. The molecule has 1 rings (SSSR count). The largest absolute Gasteiger partial charge is 0.605 e. The Bertz CT molecular complexity index is 608. The molecular formula is C12H14N2O10. The van der Waals surface area contributed by atoms with Crippen LogP contribution >= 0.6 is 0 Å². The third kappa shape index (κ3) is 3.52. The Labute approximate surface area is 133 Å². The van der Waals surface area contributed by atoms with Crippen molar-refractivity contribution in [2.45, 2.75) is 30.3 Å². The molecule has 0 aliphatic heterocycles. The second-order valence-corrected chi connectivity index (χ2v) is 4.80. The molecular weight excluding hydrogens is 332 g/mol. The minimum atomic E-state index is -4.24. The molecule has 0 bridgehead atoms. The molecule has 0 saturated heterocycles. The van der Waals surface area contributed by atoms with Gasteiger partial charge in [0.2, 0.25) is 0 Å². The summed E-state index contributed by atoms with van der Waals surface area (Å²) in [6, 6.07) is 6.91. The number of Topliss-reactive ketones (excluding diaryl/α,β-unsaturated/α-hetero) is 1. The Kier molecular flexibility index (Phi) is 6.00. The molecule has 0 aliphatic carbocycles. The molecule has 4 atom stereocenters. The molecule has 0 amide bonds. The van der Waals surface area contributed by atoms with E-state index in [2.05, 4.69) is 0 Å². The van der Waals surface area contributed by atoms with Gasteiger partial charge in [0.05, 0.1) is 0 Å². The van der Waals surface area contributed by atoms with Crippen molar-refractivity contribution in [1.82, 2.24) is 0 Å². The van der Waals surface area contributed by atoms with Crippen LogP contribution in [0.1, 0.15) is 10.4 Å². The molecule has 5 N–H and O–H groups in total. The molecule has 24 heavy (non-hydrogen) atoms. The van der Waals surface area contributed by atoms with Crippen LogP contribution in [0.25, 0.3) is 0 Å². The van der Waals surface area contributed by atoms with E-state index in [1.54, 1.807) is 6.07 Å². The van der Waals surface area contributed by atoms with Crippen LogP contribution in [0.4, 0.5) is 0 Å². The fraction of sp³-hybridized carbons (Fsp3) is 0.417. The van der Waals surface area contributed by atoms with Gasteiger partial charge in [-0.15, -0.1) is 0 Å². The maximum Gasteiger partial charge on any atom is 0.605 e. The summed E-state index contributed by atoms with van der Waals surface area (Å²) < 4.78 is 0. The van der Waals surface area contributed by atoms with E-state index in [9.17, 15) is 50.6 Å². The maximum atomic E-state index is 11.9. The van der Waals surface area contributed by atoms with Crippen molar-refractivity contribution in [3.05, 3.63) is 56.1 Å². The van der Waals surface area contributed by atoms with Crippen LogP contribution < -0.4 is 0 Å². The van der Waals surface area contributed by atoms with Crippen molar-refractivity contribution in [3.63, 3.8) is 0 Å². The lowest BCUT2D eigenvalue weighted by molar-refractivity contribution is -0.858. The summed E-state index contributed by atoms with van der Waals surface area (Å²) in [4.78, 5) is 29.3. The van der Waals surface area contributed by atoms with Gasteiger partial charge in [0.1, 0.15) is 28.2 Å². The fourth-order valence-corrected chi connectivity index (χ4v) is 1.81. The Morgan fingerprint density at radius 2 is 1.42 bits per heavy atom. The maximum absolute atomic E-state index is 11.9. The molecule has 12 nitrogen and oxygen atoms in total. The molecule has 0 unspecified atom stereocenters.